The van der Waals surface area contributed by atoms with Crippen molar-refractivity contribution in [2.24, 2.45) is 12.0 Å². The van der Waals surface area contributed by atoms with Crippen LogP contribution in [-0.4, -0.2) is 89.0 Å². The van der Waals surface area contributed by atoms with Crippen LogP contribution in [0.3, 0.4) is 0 Å². The summed E-state index contributed by atoms with van der Waals surface area (Å²) in [4.78, 5) is 11.9. The average molecular weight is 516 g/mol. The van der Waals surface area contributed by atoms with Gasteiger partial charge in [-0.05, 0) is 21.0 Å². The number of aryl methyl sites for hydroxylation is 1. The molecule has 0 amide bonds. The van der Waals surface area contributed by atoms with Crippen molar-refractivity contribution in [1.82, 2.24) is 35.0 Å². The number of likely N-dealkylation sites (N-methyl/N-ethyl adjacent to an activating group) is 1. The second-order valence-electron chi connectivity index (χ2n) is 7.38. The Kier molecular flexibility index (Phi) is 9.37. The molecule has 2 aromatic rings. The SMILES string of the molecule is CCNC(=NCC(c1cnn(C)c1)N(C)C)N1CCN(Cc2ccon2)CC1.I. The second-order valence-corrected chi connectivity index (χ2v) is 7.38. The van der Waals surface area contributed by atoms with Crippen LogP contribution in [0.25, 0.3) is 0 Å². The Morgan fingerprint density at radius 2 is 2.07 bits per heavy atom. The largest absolute Gasteiger partial charge is 0.364 e. The van der Waals surface area contributed by atoms with Crippen molar-refractivity contribution in [3.05, 3.63) is 36.0 Å². The Labute approximate surface area is 190 Å². The van der Waals surface area contributed by atoms with Gasteiger partial charge in [-0.15, -0.1) is 24.0 Å². The lowest BCUT2D eigenvalue weighted by molar-refractivity contribution is 0.168. The van der Waals surface area contributed by atoms with Gasteiger partial charge in [0.2, 0.25) is 0 Å². The molecule has 3 rings (SSSR count). The highest BCUT2D eigenvalue weighted by Gasteiger charge is 2.21. The van der Waals surface area contributed by atoms with E-state index in [2.05, 4.69) is 57.5 Å². The maximum Gasteiger partial charge on any atom is 0.194 e. The first-order valence-corrected chi connectivity index (χ1v) is 9.86. The number of nitrogens with zero attached hydrogens (tertiary/aromatic N) is 7. The Balaban J connectivity index is 0.00000300. The lowest BCUT2D eigenvalue weighted by atomic mass is 10.1. The van der Waals surface area contributed by atoms with Crippen molar-refractivity contribution in [2.75, 3.05) is 53.4 Å². The van der Waals surface area contributed by atoms with Gasteiger partial charge in [0.05, 0.1) is 24.5 Å². The molecule has 29 heavy (non-hydrogen) atoms. The van der Waals surface area contributed by atoms with Crippen molar-refractivity contribution in [3.63, 3.8) is 0 Å². The highest BCUT2D eigenvalue weighted by Crippen LogP contribution is 2.18. The van der Waals surface area contributed by atoms with Crippen LogP contribution < -0.4 is 5.32 Å². The lowest BCUT2D eigenvalue weighted by Gasteiger charge is -2.36. The number of rotatable bonds is 7. The van der Waals surface area contributed by atoms with E-state index >= 15 is 0 Å². The van der Waals surface area contributed by atoms with E-state index in [1.807, 2.05) is 24.0 Å². The van der Waals surface area contributed by atoms with E-state index in [0.717, 1.165) is 50.9 Å². The minimum absolute atomic E-state index is 0. The molecular weight excluding hydrogens is 483 g/mol. The molecule has 1 aliphatic heterocycles. The summed E-state index contributed by atoms with van der Waals surface area (Å²) in [5, 5.41) is 11.8. The van der Waals surface area contributed by atoms with E-state index in [-0.39, 0.29) is 30.0 Å². The monoisotopic (exact) mass is 516 g/mol. The van der Waals surface area contributed by atoms with Crippen LogP contribution in [0.4, 0.5) is 0 Å². The first kappa shape index (κ1) is 23.6. The maximum atomic E-state index is 4.95. The van der Waals surface area contributed by atoms with Gasteiger partial charge in [0.25, 0.3) is 0 Å². The Morgan fingerprint density at radius 1 is 1.31 bits per heavy atom. The highest BCUT2D eigenvalue weighted by atomic mass is 127. The summed E-state index contributed by atoms with van der Waals surface area (Å²) in [5.41, 5.74) is 2.17. The molecule has 0 aliphatic carbocycles. The fourth-order valence-electron chi connectivity index (χ4n) is 3.44. The number of piperazine rings is 1. The first-order chi connectivity index (χ1) is 13.6. The van der Waals surface area contributed by atoms with Crippen molar-refractivity contribution < 1.29 is 4.52 Å². The molecular formula is C19H33IN8O. The van der Waals surface area contributed by atoms with E-state index in [1.165, 1.54) is 5.56 Å². The van der Waals surface area contributed by atoms with Gasteiger partial charge < -0.3 is 19.6 Å². The van der Waals surface area contributed by atoms with Crippen LogP contribution in [0.2, 0.25) is 0 Å². The van der Waals surface area contributed by atoms with Gasteiger partial charge in [0, 0.05) is 64.1 Å². The van der Waals surface area contributed by atoms with Crippen molar-refractivity contribution in [2.45, 2.75) is 19.5 Å². The molecule has 0 spiro atoms. The summed E-state index contributed by atoms with van der Waals surface area (Å²) < 4.78 is 6.77. The second kappa shape index (κ2) is 11.5. The fraction of sp³-hybridized carbons (Fsp3) is 0.632. The summed E-state index contributed by atoms with van der Waals surface area (Å²) in [6.45, 7) is 8.36. The molecule has 10 heteroatoms. The molecule has 1 N–H and O–H groups in total. The topological polar surface area (TPSA) is 78.0 Å². The molecule has 1 atom stereocenters. The molecule has 0 bridgehead atoms. The standard InChI is InChI=1S/C19H32N8O.HI/c1-5-20-19(21-13-18(24(2)3)16-12-22-25(4)14-16)27-9-7-26(8-10-27)15-17-6-11-28-23-17;/h6,11-12,14,18H,5,7-10,13,15H2,1-4H3,(H,20,21);1H. The molecule has 2 aromatic heterocycles. The van der Waals surface area contributed by atoms with Crippen LogP contribution in [0.5, 0.6) is 0 Å². The quantitative estimate of drug-likeness (QED) is 0.339. The van der Waals surface area contributed by atoms with Crippen molar-refractivity contribution >= 4 is 29.9 Å². The predicted octanol–water partition coefficient (Wildman–Crippen LogP) is 1.41. The minimum Gasteiger partial charge on any atom is -0.364 e. The number of hydrogen-bond acceptors (Lipinski definition) is 6. The molecule has 1 unspecified atom stereocenters. The van der Waals surface area contributed by atoms with Crippen LogP contribution in [0, 0.1) is 0 Å². The summed E-state index contributed by atoms with van der Waals surface area (Å²) in [5.74, 6) is 0.985. The van der Waals surface area contributed by atoms with Gasteiger partial charge in [-0.1, -0.05) is 5.16 Å². The molecule has 1 aliphatic rings. The summed E-state index contributed by atoms with van der Waals surface area (Å²) >= 11 is 0. The lowest BCUT2D eigenvalue weighted by Crippen LogP contribution is -2.52. The van der Waals surface area contributed by atoms with E-state index < -0.39 is 0 Å². The smallest absolute Gasteiger partial charge is 0.194 e. The van der Waals surface area contributed by atoms with Crippen LogP contribution in [0.15, 0.2) is 34.2 Å². The highest BCUT2D eigenvalue weighted by molar-refractivity contribution is 14.0. The van der Waals surface area contributed by atoms with E-state index in [1.54, 1.807) is 6.26 Å². The third kappa shape index (κ3) is 6.68. The fourth-order valence-corrected chi connectivity index (χ4v) is 3.44. The molecule has 1 fully saturated rings. The third-order valence-electron chi connectivity index (χ3n) is 5.03. The molecule has 3 heterocycles. The molecule has 0 aromatic carbocycles. The third-order valence-corrected chi connectivity index (χ3v) is 5.03. The van der Waals surface area contributed by atoms with Gasteiger partial charge in [0.1, 0.15) is 6.26 Å². The number of hydrogen-bond donors (Lipinski definition) is 1. The molecule has 1 saturated heterocycles. The zero-order valence-electron chi connectivity index (χ0n) is 17.8. The van der Waals surface area contributed by atoms with Gasteiger partial charge in [-0.3, -0.25) is 14.6 Å². The molecule has 9 nitrogen and oxygen atoms in total. The van der Waals surface area contributed by atoms with Crippen LogP contribution in [-0.2, 0) is 13.6 Å². The summed E-state index contributed by atoms with van der Waals surface area (Å²) in [6, 6.07) is 2.13. The van der Waals surface area contributed by atoms with Crippen molar-refractivity contribution in [3.8, 4) is 0 Å². The van der Waals surface area contributed by atoms with E-state index in [0.29, 0.717) is 6.54 Å². The zero-order valence-corrected chi connectivity index (χ0v) is 20.1. The number of guanidine groups is 1. The molecule has 162 valence electrons. The predicted molar refractivity (Wildman–Crippen MR) is 124 cm³/mol. The van der Waals surface area contributed by atoms with Gasteiger partial charge >= 0.3 is 0 Å². The van der Waals surface area contributed by atoms with Gasteiger partial charge in [-0.25, -0.2) is 0 Å². The van der Waals surface area contributed by atoms with Crippen molar-refractivity contribution in [1.29, 1.82) is 0 Å². The van der Waals surface area contributed by atoms with E-state index in [4.69, 9.17) is 9.52 Å². The molecule has 0 radical (unpaired) electrons. The number of nitrogens with one attached hydrogen (secondary N) is 1. The van der Waals surface area contributed by atoms with Crippen LogP contribution >= 0.6 is 24.0 Å². The number of aliphatic imine (C=N–C) groups is 1. The summed E-state index contributed by atoms with van der Waals surface area (Å²) in [6.07, 6.45) is 5.62. The Hall–Kier alpha value is -1.66. The van der Waals surface area contributed by atoms with Crippen LogP contribution in [0.1, 0.15) is 24.2 Å². The van der Waals surface area contributed by atoms with Gasteiger partial charge in [0.15, 0.2) is 5.96 Å². The minimum atomic E-state index is 0. The maximum absolute atomic E-state index is 4.95. The first-order valence-electron chi connectivity index (χ1n) is 9.86. The van der Waals surface area contributed by atoms with E-state index in [9.17, 15) is 0 Å². The Bertz CT molecular complexity index is 737. The zero-order chi connectivity index (χ0) is 19.9. The summed E-state index contributed by atoms with van der Waals surface area (Å²) in [7, 11) is 6.12. The van der Waals surface area contributed by atoms with Gasteiger partial charge in [-0.2, -0.15) is 5.10 Å². The Morgan fingerprint density at radius 3 is 2.62 bits per heavy atom. The normalized spacial score (nSPS) is 16.7. The number of halogens is 1. The number of aromatic nitrogens is 3. The average Bonchev–Trinajstić information content (AvgIpc) is 3.33. The molecule has 0 saturated carbocycles.